The molecule has 0 fully saturated rings. The Morgan fingerprint density at radius 3 is 2.39 bits per heavy atom. The van der Waals surface area contributed by atoms with Crippen LogP contribution in [0.4, 0.5) is 17.6 Å². The summed E-state index contributed by atoms with van der Waals surface area (Å²) in [7, 11) is 0. The molecule has 2 aromatic rings. The number of benzene rings is 2. The molecule has 23 heavy (non-hydrogen) atoms. The smallest absolute Gasteiger partial charge is 0.479 e. The van der Waals surface area contributed by atoms with Crippen LogP contribution in [0.1, 0.15) is 11.7 Å². The molecule has 0 aliphatic heterocycles. The molecule has 0 spiro atoms. The van der Waals surface area contributed by atoms with Crippen molar-refractivity contribution in [1.29, 1.82) is 0 Å². The van der Waals surface area contributed by atoms with Crippen LogP contribution in [0.25, 0.3) is 11.1 Å². The quantitative estimate of drug-likeness (QED) is 0.842. The molecule has 122 valence electrons. The van der Waals surface area contributed by atoms with Crippen LogP contribution >= 0.6 is 0 Å². The average molecular weight is 330 g/mol. The predicted octanol–water partition coefficient (Wildman–Crippen LogP) is 3.51. The number of ether oxygens (including phenoxy) is 1. The van der Waals surface area contributed by atoms with Gasteiger partial charge in [0.15, 0.2) is 6.10 Å². The van der Waals surface area contributed by atoms with Crippen molar-refractivity contribution >= 4 is 5.97 Å². The van der Waals surface area contributed by atoms with Gasteiger partial charge in [0.25, 0.3) is 0 Å². The topological polar surface area (TPSA) is 66.8 Å². The lowest BCUT2D eigenvalue weighted by Crippen LogP contribution is -2.17. The molecule has 0 bridgehead atoms. The summed E-state index contributed by atoms with van der Waals surface area (Å²) in [4.78, 5) is 10.8. The molecule has 1 atom stereocenters. The van der Waals surface area contributed by atoms with Crippen LogP contribution in [0, 0.1) is 5.82 Å². The zero-order chi connectivity index (χ0) is 17.2. The highest BCUT2D eigenvalue weighted by Gasteiger charge is 2.31. The minimum absolute atomic E-state index is 0.105. The predicted molar refractivity (Wildman–Crippen MR) is 71.1 cm³/mol. The van der Waals surface area contributed by atoms with Crippen LogP contribution in [0.2, 0.25) is 0 Å². The van der Waals surface area contributed by atoms with E-state index >= 15 is 0 Å². The summed E-state index contributed by atoms with van der Waals surface area (Å²) in [5, 5.41) is 18.2. The molecule has 0 aliphatic rings. The molecule has 8 heteroatoms. The van der Waals surface area contributed by atoms with Gasteiger partial charge < -0.3 is 14.9 Å². The Labute approximate surface area is 127 Å². The summed E-state index contributed by atoms with van der Waals surface area (Å²) in [6.45, 7) is 0. The molecule has 1 unspecified atom stereocenters. The van der Waals surface area contributed by atoms with E-state index in [1.807, 2.05) is 0 Å². The number of aliphatic hydroxyl groups is 1. The number of halogens is 4. The van der Waals surface area contributed by atoms with E-state index in [0.29, 0.717) is 0 Å². The lowest BCUT2D eigenvalue weighted by atomic mass is 10.00. The third-order valence-corrected chi connectivity index (χ3v) is 2.87. The van der Waals surface area contributed by atoms with Crippen LogP contribution in [-0.4, -0.2) is 22.5 Å². The maximum atomic E-state index is 13.6. The van der Waals surface area contributed by atoms with Crippen LogP contribution in [-0.2, 0) is 4.79 Å². The zero-order valence-electron chi connectivity index (χ0n) is 11.3. The maximum Gasteiger partial charge on any atom is 0.573 e. The molecular formula is C15H10F4O4. The number of alkyl halides is 3. The maximum absolute atomic E-state index is 13.6. The number of hydrogen-bond donors (Lipinski definition) is 2. The van der Waals surface area contributed by atoms with Gasteiger partial charge in [-0.25, -0.2) is 9.18 Å². The lowest BCUT2D eigenvalue weighted by Gasteiger charge is -2.12. The molecule has 0 saturated carbocycles. The molecule has 2 aromatic carbocycles. The number of carboxylic acids is 1. The van der Waals surface area contributed by atoms with Crippen molar-refractivity contribution in [2.24, 2.45) is 0 Å². The van der Waals surface area contributed by atoms with E-state index in [4.69, 9.17) is 5.11 Å². The Bertz CT molecular complexity index is 728. The number of carbonyl (C=O) groups is 1. The largest absolute Gasteiger partial charge is 0.573 e. The Balaban J connectivity index is 2.42. The second-order valence-electron chi connectivity index (χ2n) is 4.59. The van der Waals surface area contributed by atoms with Crippen molar-refractivity contribution in [3.8, 4) is 16.9 Å². The van der Waals surface area contributed by atoms with Crippen molar-refractivity contribution < 1.29 is 37.3 Å². The summed E-state index contributed by atoms with van der Waals surface area (Å²) in [6, 6.07) is 7.78. The Kier molecular flexibility index (Phi) is 4.55. The van der Waals surface area contributed by atoms with Crippen molar-refractivity contribution in [3.05, 3.63) is 53.8 Å². The first-order chi connectivity index (χ1) is 10.7. The monoisotopic (exact) mass is 330 g/mol. The second-order valence-corrected chi connectivity index (χ2v) is 4.59. The van der Waals surface area contributed by atoms with Crippen molar-refractivity contribution in [2.75, 3.05) is 0 Å². The minimum Gasteiger partial charge on any atom is -0.479 e. The van der Waals surface area contributed by atoms with E-state index in [0.717, 1.165) is 24.3 Å². The molecule has 2 N–H and O–H groups in total. The summed E-state index contributed by atoms with van der Waals surface area (Å²) in [6.07, 6.45) is -6.82. The highest BCUT2D eigenvalue weighted by atomic mass is 19.4. The average Bonchev–Trinajstić information content (AvgIpc) is 2.44. The van der Waals surface area contributed by atoms with Gasteiger partial charge in [-0.2, -0.15) is 0 Å². The van der Waals surface area contributed by atoms with Gasteiger partial charge in [-0.3, -0.25) is 0 Å². The molecule has 0 radical (unpaired) electrons. The molecule has 4 nitrogen and oxygen atoms in total. The number of rotatable bonds is 4. The molecular weight excluding hydrogens is 320 g/mol. The molecule has 0 amide bonds. The first kappa shape index (κ1) is 16.8. The Morgan fingerprint density at radius 2 is 1.78 bits per heavy atom. The SMILES string of the molecule is O=C(O)C(O)c1cc(F)cc(-c2cccc(OC(F)(F)F)c2)c1. The van der Waals surface area contributed by atoms with Crippen molar-refractivity contribution in [2.45, 2.75) is 12.5 Å². The van der Waals surface area contributed by atoms with Crippen molar-refractivity contribution in [1.82, 2.24) is 0 Å². The standard InChI is InChI=1S/C15H10F4O4/c16-11-5-9(4-10(6-11)13(20)14(21)22)8-2-1-3-12(7-8)23-15(17,18)19/h1-7,13,20H,(H,21,22). The van der Waals surface area contributed by atoms with Crippen molar-refractivity contribution in [3.63, 3.8) is 0 Å². The van der Waals surface area contributed by atoms with E-state index in [2.05, 4.69) is 4.74 Å². The molecule has 2 rings (SSSR count). The summed E-state index contributed by atoms with van der Waals surface area (Å²) in [5.41, 5.74) is 0.0488. The number of aliphatic carboxylic acids is 1. The first-order valence-corrected chi connectivity index (χ1v) is 6.23. The van der Waals surface area contributed by atoms with Crippen LogP contribution < -0.4 is 4.74 Å². The molecule has 0 aliphatic carbocycles. The van der Waals surface area contributed by atoms with Gasteiger partial charge in [-0.15, -0.1) is 13.2 Å². The van der Waals surface area contributed by atoms with Gasteiger partial charge in [0, 0.05) is 0 Å². The molecule has 0 saturated heterocycles. The van der Waals surface area contributed by atoms with Gasteiger partial charge in [0.2, 0.25) is 0 Å². The number of hydrogen-bond acceptors (Lipinski definition) is 3. The van der Waals surface area contributed by atoms with Gasteiger partial charge in [0.1, 0.15) is 11.6 Å². The fraction of sp³-hybridized carbons (Fsp3) is 0.133. The highest BCUT2D eigenvalue weighted by molar-refractivity contribution is 5.75. The molecule has 0 heterocycles. The van der Waals surface area contributed by atoms with E-state index in [-0.39, 0.29) is 16.7 Å². The normalized spacial score (nSPS) is 12.7. The zero-order valence-corrected chi connectivity index (χ0v) is 11.3. The lowest BCUT2D eigenvalue weighted by molar-refractivity contribution is -0.274. The highest BCUT2D eigenvalue weighted by Crippen LogP contribution is 2.30. The third-order valence-electron chi connectivity index (χ3n) is 2.87. The number of carboxylic acid groups (broad SMARTS) is 1. The fourth-order valence-electron chi connectivity index (χ4n) is 1.95. The molecule has 0 aromatic heterocycles. The van der Waals surface area contributed by atoms with Gasteiger partial charge in [-0.1, -0.05) is 12.1 Å². The van der Waals surface area contributed by atoms with E-state index in [1.54, 1.807) is 0 Å². The minimum atomic E-state index is -4.87. The summed E-state index contributed by atoms with van der Waals surface area (Å²) >= 11 is 0. The van der Waals surface area contributed by atoms with Gasteiger partial charge >= 0.3 is 12.3 Å². The van der Waals surface area contributed by atoms with Crippen LogP contribution in [0.15, 0.2) is 42.5 Å². The van der Waals surface area contributed by atoms with E-state index in [9.17, 15) is 27.5 Å². The van der Waals surface area contributed by atoms with Crippen LogP contribution in [0.3, 0.4) is 0 Å². The summed E-state index contributed by atoms with van der Waals surface area (Å²) < 4.78 is 54.0. The van der Waals surface area contributed by atoms with Gasteiger partial charge in [0.05, 0.1) is 0 Å². The first-order valence-electron chi connectivity index (χ1n) is 6.23. The van der Waals surface area contributed by atoms with Gasteiger partial charge in [-0.05, 0) is 47.0 Å². The Morgan fingerprint density at radius 1 is 1.09 bits per heavy atom. The fourth-order valence-corrected chi connectivity index (χ4v) is 1.95. The Hall–Kier alpha value is -2.61. The second kappa shape index (κ2) is 6.25. The van der Waals surface area contributed by atoms with E-state index in [1.165, 1.54) is 18.2 Å². The number of aliphatic hydroxyl groups excluding tert-OH is 1. The van der Waals surface area contributed by atoms with Crippen LogP contribution in [0.5, 0.6) is 5.75 Å². The third kappa shape index (κ3) is 4.43. The van der Waals surface area contributed by atoms with E-state index < -0.39 is 30.0 Å². The summed E-state index contributed by atoms with van der Waals surface area (Å²) in [5.74, 6) is -2.91.